The molecule has 0 atom stereocenters. The average Bonchev–Trinajstić information content (AvgIpc) is 2.04. The summed E-state index contributed by atoms with van der Waals surface area (Å²) in [6, 6.07) is 0.406. The van der Waals surface area contributed by atoms with Crippen molar-refractivity contribution in [3.63, 3.8) is 0 Å². The van der Waals surface area contributed by atoms with Gasteiger partial charge in [0, 0.05) is 6.04 Å². The van der Waals surface area contributed by atoms with Crippen molar-refractivity contribution in [2.24, 2.45) is 0 Å². The van der Waals surface area contributed by atoms with Crippen LogP contribution >= 0.6 is 0 Å². The first-order valence-corrected chi connectivity index (χ1v) is 4.51. The minimum atomic E-state index is -0.325. The van der Waals surface area contributed by atoms with Gasteiger partial charge < -0.3 is 5.32 Å². The summed E-state index contributed by atoms with van der Waals surface area (Å²) in [6.45, 7) is 1.64. The molecule has 0 spiro atoms. The fraction of sp³-hybridized carbons (Fsp3) is 0.556. The third-order valence-electron chi connectivity index (χ3n) is 2.41. The van der Waals surface area contributed by atoms with E-state index in [-0.39, 0.29) is 5.82 Å². The lowest BCUT2D eigenvalue weighted by Crippen LogP contribution is -2.28. The first-order chi connectivity index (χ1) is 6.27. The molecule has 1 heterocycles. The van der Waals surface area contributed by atoms with Crippen LogP contribution in [0.3, 0.4) is 0 Å². The highest BCUT2D eigenvalue weighted by Gasteiger charge is 2.19. The maximum Gasteiger partial charge on any atom is 0.186 e. The second kappa shape index (κ2) is 3.28. The first-order valence-electron chi connectivity index (χ1n) is 4.51. The van der Waals surface area contributed by atoms with Crippen molar-refractivity contribution in [1.29, 1.82) is 0 Å². The molecule has 1 aromatic rings. The van der Waals surface area contributed by atoms with Gasteiger partial charge in [0.25, 0.3) is 0 Å². The number of hydrogen-bond acceptors (Lipinski definition) is 3. The lowest BCUT2D eigenvalue weighted by atomic mass is 9.93. The zero-order chi connectivity index (χ0) is 9.26. The number of halogens is 1. The van der Waals surface area contributed by atoms with Crippen LogP contribution in [0, 0.1) is 12.7 Å². The summed E-state index contributed by atoms with van der Waals surface area (Å²) >= 11 is 0. The van der Waals surface area contributed by atoms with Crippen LogP contribution in [0.4, 0.5) is 10.2 Å². The molecule has 1 fully saturated rings. The number of anilines is 1. The molecule has 0 aromatic carbocycles. The smallest absolute Gasteiger partial charge is 0.186 e. The van der Waals surface area contributed by atoms with Gasteiger partial charge in [-0.1, -0.05) is 0 Å². The van der Waals surface area contributed by atoms with E-state index in [1.54, 1.807) is 6.92 Å². The standard InChI is InChI=1S/C9H12FN3/c1-6-8(10)9(12-5-11-6)13-7-3-2-4-7/h5,7H,2-4H2,1H3,(H,11,12,13). The molecule has 0 unspecified atom stereocenters. The van der Waals surface area contributed by atoms with Gasteiger partial charge >= 0.3 is 0 Å². The summed E-state index contributed by atoms with van der Waals surface area (Å²) in [7, 11) is 0. The molecule has 0 saturated heterocycles. The number of rotatable bonds is 2. The van der Waals surface area contributed by atoms with E-state index in [4.69, 9.17) is 0 Å². The third kappa shape index (κ3) is 1.61. The minimum absolute atomic E-state index is 0.325. The fourth-order valence-electron chi connectivity index (χ4n) is 1.30. The van der Waals surface area contributed by atoms with Gasteiger partial charge in [-0.3, -0.25) is 0 Å². The van der Waals surface area contributed by atoms with Crippen molar-refractivity contribution in [3.8, 4) is 0 Å². The Morgan fingerprint density at radius 1 is 1.46 bits per heavy atom. The lowest BCUT2D eigenvalue weighted by molar-refractivity contribution is 0.441. The molecule has 2 rings (SSSR count). The van der Waals surface area contributed by atoms with Gasteiger partial charge in [0.05, 0.1) is 5.69 Å². The van der Waals surface area contributed by atoms with Crippen LogP contribution < -0.4 is 5.32 Å². The molecule has 1 aliphatic rings. The van der Waals surface area contributed by atoms with Gasteiger partial charge in [-0.25, -0.2) is 14.4 Å². The Kier molecular flexibility index (Phi) is 2.12. The molecule has 1 aliphatic carbocycles. The van der Waals surface area contributed by atoms with E-state index in [2.05, 4.69) is 15.3 Å². The Morgan fingerprint density at radius 3 is 2.85 bits per heavy atom. The Bertz CT molecular complexity index is 310. The van der Waals surface area contributed by atoms with Gasteiger partial charge in [0.2, 0.25) is 0 Å². The van der Waals surface area contributed by atoms with Crippen LogP contribution in [-0.4, -0.2) is 16.0 Å². The van der Waals surface area contributed by atoms with Crippen LogP contribution in [0.1, 0.15) is 25.0 Å². The number of hydrogen-bond donors (Lipinski definition) is 1. The molecule has 4 heteroatoms. The van der Waals surface area contributed by atoms with Crippen molar-refractivity contribution < 1.29 is 4.39 Å². The monoisotopic (exact) mass is 181 g/mol. The second-order valence-corrected chi connectivity index (χ2v) is 3.39. The van der Waals surface area contributed by atoms with Crippen molar-refractivity contribution in [1.82, 2.24) is 9.97 Å². The molecular weight excluding hydrogens is 169 g/mol. The molecule has 70 valence electrons. The molecular formula is C9H12FN3. The van der Waals surface area contributed by atoms with Crippen molar-refractivity contribution in [2.45, 2.75) is 32.2 Å². The number of aryl methyl sites for hydroxylation is 1. The maximum atomic E-state index is 13.3. The largest absolute Gasteiger partial charge is 0.365 e. The highest BCUT2D eigenvalue weighted by atomic mass is 19.1. The van der Waals surface area contributed by atoms with E-state index >= 15 is 0 Å². The van der Waals surface area contributed by atoms with E-state index in [0.29, 0.717) is 17.6 Å². The highest BCUT2D eigenvalue weighted by molar-refractivity contribution is 5.38. The van der Waals surface area contributed by atoms with Crippen LogP contribution in [0.2, 0.25) is 0 Å². The van der Waals surface area contributed by atoms with Crippen LogP contribution in [-0.2, 0) is 0 Å². The zero-order valence-electron chi connectivity index (χ0n) is 7.55. The van der Waals surface area contributed by atoms with Crippen LogP contribution in [0.5, 0.6) is 0 Å². The zero-order valence-corrected chi connectivity index (χ0v) is 7.55. The normalized spacial score (nSPS) is 16.8. The van der Waals surface area contributed by atoms with E-state index in [1.807, 2.05) is 0 Å². The van der Waals surface area contributed by atoms with Gasteiger partial charge in [0.15, 0.2) is 11.6 Å². The van der Waals surface area contributed by atoms with Crippen molar-refractivity contribution in [2.75, 3.05) is 5.32 Å². The predicted octanol–water partition coefficient (Wildman–Crippen LogP) is 1.89. The number of nitrogens with one attached hydrogen (secondary N) is 1. The van der Waals surface area contributed by atoms with Crippen molar-refractivity contribution in [3.05, 3.63) is 17.8 Å². The molecule has 1 N–H and O–H groups in total. The molecule has 0 amide bonds. The fourth-order valence-corrected chi connectivity index (χ4v) is 1.30. The molecule has 0 radical (unpaired) electrons. The number of nitrogens with zero attached hydrogens (tertiary/aromatic N) is 2. The summed E-state index contributed by atoms with van der Waals surface area (Å²) in [5.74, 6) is 0.0200. The molecule has 0 bridgehead atoms. The minimum Gasteiger partial charge on any atom is -0.365 e. The Morgan fingerprint density at radius 2 is 2.23 bits per heavy atom. The molecule has 3 nitrogen and oxygen atoms in total. The lowest BCUT2D eigenvalue weighted by Gasteiger charge is -2.26. The molecule has 1 aromatic heterocycles. The first kappa shape index (κ1) is 8.41. The molecule has 13 heavy (non-hydrogen) atoms. The van der Waals surface area contributed by atoms with Crippen molar-refractivity contribution >= 4 is 5.82 Å². The van der Waals surface area contributed by atoms with Gasteiger partial charge in [-0.15, -0.1) is 0 Å². The van der Waals surface area contributed by atoms with Gasteiger partial charge in [-0.05, 0) is 26.2 Å². The second-order valence-electron chi connectivity index (χ2n) is 3.39. The van der Waals surface area contributed by atoms with E-state index < -0.39 is 0 Å². The maximum absolute atomic E-state index is 13.3. The average molecular weight is 181 g/mol. The quantitative estimate of drug-likeness (QED) is 0.757. The van der Waals surface area contributed by atoms with E-state index in [0.717, 1.165) is 12.8 Å². The van der Waals surface area contributed by atoms with E-state index in [9.17, 15) is 4.39 Å². The Balaban J connectivity index is 2.14. The summed E-state index contributed by atoms with van der Waals surface area (Å²) < 4.78 is 13.3. The Hall–Kier alpha value is -1.19. The summed E-state index contributed by atoms with van der Waals surface area (Å²) in [4.78, 5) is 7.63. The summed E-state index contributed by atoms with van der Waals surface area (Å²) in [6.07, 6.45) is 4.84. The summed E-state index contributed by atoms with van der Waals surface area (Å²) in [5.41, 5.74) is 0.400. The SMILES string of the molecule is Cc1ncnc(NC2CCC2)c1F. The van der Waals surface area contributed by atoms with Crippen LogP contribution in [0.15, 0.2) is 6.33 Å². The topological polar surface area (TPSA) is 37.8 Å². The molecule has 0 aliphatic heterocycles. The van der Waals surface area contributed by atoms with Gasteiger partial charge in [-0.2, -0.15) is 0 Å². The highest BCUT2D eigenvalue weighted by Crippen LogP contribution is 2.23. The summed E-state index contributed by atoms with van der Waals surface area (Å²) in [5, 5.41) is 3.06. The predicted molar refractivity (Wildman–Crippen MR) is 48.0 cm³/mol. The number of aromatic nitrogens is 2. The van der Waals surface area contributed by atoms with E-state index in [1.165, 1.54) is 12.7 Å². The third-order valence-corrected chi connectivity index (χ3v) is 2.41. The van der Waals surface area contributed by atoms with Crippen LogP contribution in [0.25, 0.3) is 0 Å². The Labute approximate surface area is 76.4 Å². The molecule has 1 saturated carbocycles. The van der Waals surface area contributed by atoms with Gasteiger partial charge in [0.1, 0.15) is 6.33 Å².